The van der Waals surface area contributed by atoms with Gasteiger partial charge in [0, 0.05) is 17.3 Å². The summed E-state index contributed by atoms with van der Waals surface area (Å²) in [6, 6.07) is 10.3. The van der Waals surface area contributed by atoms with Crippen LogP contribution >= 0.6 is 11.6 Å². The van der Waals surface area contributed by atoms with Crippen LogP contribution in [-0.4, -0.2) is 18.6 Å². The smallest absolute Gasteiger partial charge is 0.133 e. The Bertz CT molecular complexity index is 561. The van der Waals surface area contributed by atoms with Crippen LogP contribution in [0.5, 0.6) is 0 Å². The van der Waals surface area contributed by atoms with Gasteiger partial charge in [-0.3, -0.25) is 0 Å². The van der Waals surface area contributed by atoms with E-state index in [1.165, 1.54) is 23.8 Å². The first-order valence-corrected chi connectivity index (χ1v) is 6.33. The summed E-state index contributed by atoms with van der Waals surface area (Å²) in [6.07, 6.45) is 2.40. The fourth-order valence-electron chi connectivity index (χ4n) is 2.49. The minimum atomic E-state index is 0.225. The predicted octanol–water partition coefficient (Wildman–Crippen LogP) is 3.14. The van der Waals surface area contributed by atoms with Crippen molar-refractivity contribution in [3.05, 3.63) is 41.0 Å². The Morgan fingerprint density at radius 2 is 2.12 bits per heavy atom. The number of hydrogen-bond acceptors (Lipinski definition) is 2. The van der Waals surface area contributed by atoms with E-state index in [4.69, 9.17) is 11.6 Å². The molecule has 17 heavy (non-hydrogen) atoms. The van der Waals surface area contributed by atoms with Crippen molar-refractivity contribution in [2.45, 2.75) is 18.3 Å². The molecule has 0 unspecified atom stereocenters. The lowest BCUT2D eigenvalue weighted by Crippen LogP contribution is -2.24. The molecule has 1 aromatic heterocycles. The summed E-state index contributed by atoms with van der Waals surface area (Å²) in [5.41, 5.74) is 2.40. The molecule has 0 aliphatic heterocycles. The fraction of sp³-hybridized carbons (Fsp3) is 0.357. The second-order valence-electron chi connectivity index (χ2n) is 4.83. The first-order chi connectivity index (χ1) is 8.25. The van der Waals surface area contributed by atoms with Gasteiger partial charge >= 0.3 is 0 Å². The molecule has 0 amide bonds. The molecule has 0 spiro atoms. The van der Waals surface area contributed by atoms with Gasteiger partial charge in [0.1, 0.15) is 5.15 Å². The van der Waals surface area contributed by atoms with E-state index in [-0.39, 0.29) is 5.41 Å². The molecule has 1 aliphatic carbocycles. The number of aromatic nitrogens is 1. The number of hydrogen-bond donors (Lipinski definition) is 1. The van der Waals surface area contributed by atoms with E-state index in [0.717, 1.165) is 12.1 Å². The van der Waals surface area contributed by atoms with Gasteiger partial charge < -0.3 is 5.32 Å². The number of rotatable bonds is 3. The molecule has 0 atom stereocenters. The van der Waals surface area contributed by atoms with Gasteiger partial charge in [0.2, 0.25) is 0 Å². The molecule has 2 aromatic rings. The van der Waals surface area contributed by atoms with Gasteiger partial charge in [-0.1, -0.05) is 29.8 Å². The molecule has 1 fully saturated rings. The van der Waals surface area contributed by atoms with Crippen LogP contribution in [0.1, 0.15) is 18.4 Å². The first kappa shape index (κ1) is 11.0. The van der Waals surface area contributed by atoms with E-state index in [1.807, 2.05) is 25.2 Å². The molecule has 88 valence electrons. The zero-order valence-electron chi connectivity index (χ0n) is 9.83. The van der Waals surface area contributed by atoms with Crippen molar-refractivity contribution >= 4 is 22.5 Å². The SMILES string of the molecule is CNCC1(c2cc3ccccc3nc2Cl)CC1. The highest BCUT2D eigenvalue weighted by atomic mass is 35.5. The number of pyridine rings is 1. The van der Waals surface area contributed by atoms with Crippen LogP contribution in [0.15, 0.2) is 30.3 Å². The molecular weight excluding hydrogens is 232 g/mol. The third kappa shape index (κ3) is 1.81. The van der Waals surface area contributed by atoms with Crippen LogP contribution in [0.25, 0.3) is 10.9 Å². The van der Waals surface area contributed by atoms with Crippen LogP contribution in [-0.2, 0) is 5.41 Å². The van der Waals surface area contributed by atoms with Gasteiger partial charge in [-0.15, -0.1) is 0 Å². The first-order valence-electron chi connectivity index (χ1n) is 5.96. The van der Waals surface area contributed by atoms with E-state index < -0.39 is 0 Å². The molecule has 3 rings (SSSR count). The minimum absolute atomic E-state index is 0.225. The maximum Gasteiger partial charge on any atom is 0.133 e. The average Bonchev–Trinajstić information content (AvgIpc) is 3.09. The van der Waals surface area contributed by atoms with Gasteiger partial charge in [0.05, 0.1) is 5.52 Å². The standard InChI is InChI=1S/C14H15ClN2/c1-16-9-14(6-7-14)11-8-10-4-2-3-5-12(10)17-13(11)15/h2-5,8,16H,6-7,9H2,1H3. The van der Waals surface area contributed by atoms with E-state index in [1.54, 1.807) is 0 Å². The van der Waals surface area contributed by atoms with Crippen LogP contribution in [0, 0.1) is 0 Å². The minimum Gasteiger partial charge on any atom is -0.319 e. The van der Waals surface area contributed by atoms with Crippen LogP contribution in [0.2, 0.25) is 5.15 Å². The van der Waals surface area contributed by atoms with Crippen molar-refractivity contribution in [1.29, 1.82) is 0 Å². The maximum absolute atomic E-state index is 6.32. The van der Waals surface area contributed by atoms with E-state index in [0.29, 0.717) is 5.15 Å². The average molecular weight is 247 g/mol. The molecule has 0 saturated heterocycles. The molecule has 2 nitrogen and oxygen atoms in total. The molecule has 1 N–H and O–H groups in total. The zero-order chi connectivity index (χ0) is 11.9. The highest BCUT2D eigenvalue weighted by Gasteiger charge is 2.45. The highest BCUT2D eigenvalue weighted by molar-refractivity contribution is 6.30. The Morgan fingerprint density at radius 1 is 1.35 bits per heavy atom. The Balaban J connectivity index is 2.14. The summed E-state index contributed by atoms with van der Waals surface area (Å²) in [7, 11) is 1.99. The van der Waals surface area contributed by atoms with Crippen molar-refractivity contribution in [3.63, 3.8) is 0 Å². The van der Waals surface area contributed by atoms with Crippen molar-refractivity contribution in [1.82, 2.24) is 10.3 Å². The summed E-state index contributed by atoms with van der Waals surface area (Å²) >= 11 is 6.32. The molecule has 0 bridgehead atoms. The summed E-state index contributed by atoms with van der Waals surface area (Å²) in [5.74, 6) is 0. The lowest BCUT2D eigenvalue weighted by atomic mass is 9.96. The fourth-order valence-corrected chi connectivity index (χ4v) is 2.84. The summed E-state index contributed by atoms with van der Waals surface area (Å²) in [4.78, 5) is 4.50. The van der Waals surface area contributed by atoms with E-state index in [9.17, 15) is 0 Å². The highest BCUT2D eigenvalue weighted by Crippen LogP contribution is 2.50. The largest absolute Gasteiger partial charge is 0.319 e. The van der Waals surface area contributed by atoms with Gasteiger partial charge in [-0.2, -0.15) is 0 Å². The third-order valence-corrected chi connectivity index (χ3v) is 3.91. The molecule has 1 heterocycles. The molecule has 1 saturated carbocycles. The Hall–Kier alpha value is -1.12. The number of fused-ring (bicyclic) bond motifs is 1. The summed E-state index contributed by atoms with van der Waals surface area (Å²) < 4.78 is 0. The van der Waals surface area contributed by atoms with Crippen LogP contribution in [0.3, 0.4) is 0 Å². The van der Waals surface area contributed by atoms with Gasteiger partial charge in [0.25, 0.3) is 0 Å². The third-order valence-electron chi connectivity index (χ3n) is 3.62. The normalized spacial score (nSPS) is 17.3. The number of benzene rings is 1. The summed E-state index contributed by atoms with van der Waals surface area (Å²) in [5, 5.41) is 5.10. The molecule has 1 aromatic carbocycles. The Labute approximate surface area is 106 Å². The lowest BCUT2D eigenvalue weighted by Gasteiger charge is -2.16. The second-order valence-corrected chi connectivity index (χ2v) is 5.19. The predicted molar refractivity (Wildman–Crippen MR) is 71.6 cm³/mol. The van der Waals surface area contributed by atoms with Crippen molar-refractivity contribution in [2.75, 3.05) is 13.6 Å². The van der Waals surface area contributed by atoms with Crippen molar-refractivity contribution in [3.8, 4) is 0 Å². The molecular formula is C14H15ClN2. The monoisotopic (exact) mass is 246 g/mol. The molecule has 3 heteroatoms. The molecule has 1 aliphatic rings. The van der Waals surface area contributed by atoms with Crippen LogP contribution < -0.4 is 5.32 Å². The Kier molecular flexibility index (Phi) is 2.57. The number of halogens is 1. The van der Waals surface area contributed by atoms with Crippen molar-refractivity contribution < 1.29 is 0 Å². The quantitative estimate of drug-likeness (QED) is 0.842. The van der Waals surface area contributed by atoms with Crippen LogP contribution in [0.4, 0.5) is 0 Å². The number of nitrogens with zero attached hydrogens (tertiary/aromatic N) is 1. The number of nitrogens with one attached hydrogen (secondary N) is 1. The zero-order valence-corrected chi connectivity index (χ0v) is 10.6. The lowest BCUT2D eigenvalue weighted by molar-refractivity contribution is 0.623. The van der Waals surface area contributed by atoms with Gasteiger partial charge in [-0.25, -0.2) is 4.98 Å². The Morgan fingerprint density at radius 3 is 2.82 bits per heavy atom. The number of likely N-dealkylation sites (N-methyl/N-ethyl adjacent to an activating group) is 1. The van der Waals surface area contributed by atoms with E-state index >= 15 is 0 Å². The van der Waals surface area contributed by atoms with Crippen molar-refractivity contribution in [2.24, 2.45) is 0 Å². The summed E-state index contributed by atoms with van der Waals surface area (Å²) in [6.45, 7) is 0.979. The van der Waals surface area contributed by atoms with Gasteiger partial charge in [-0.05, 0) is 37.6 Å². The van der Waals surface area contributed by atoms with Gasteiger partial charge in [0.15, 0.2) is 0 Å². The molecule has 0 radical (unpaired) electrons. The maximum atomic E-state index is 6.32. The topological polar surface area (TPSA) is 24.9 Å². The second kappa shape index (κ2) is 3.97. The number of para-hydroxylation sites is 1. The van der Waals surface area contributed by atoms with E-state index in [2.05, 4.69) is 22.4 Å².